The van der Waals surface area contributed by atoms with Crippen molar-refractivity contribution in [1.82, 2.24) is 19.7 Å². The van der Waals surface area contributed by atoms with E-state index in [9.17, 15) is 4.79 Å². The van der Waals surface area contributed by atoms with Gasteiger partial charge in [0.2, 0.25) is 5.91 Å². The molecule has 1 aliphatic rings. The molecule has 1 atom stereocenters. The number of morpholine rings is 1. The number of methoxy groups -OCH3 is 1. The van der Waals surface area contributed by atoms with Gasteiger partial charge in [0.15, 0.2) is 0 Å². The van der Waals surface area contributed by atoms with Crippen LogP contribution >= 0.6 is 0 Å². The fraction of sp³-hybridized carbons (Fsp3) is 0.348. The van der Waals surface area contributed by atoms with Gasteiger partial charge in [-0.15, -0.1) is 0 Å². The van der Waals surface area contributed by atoms with Gasteiger partial charge in [-0.2, -0.15) is 5.10 Å². The van der Waals surface area contributed by atoms with Gasteiger partial charge >= 0.3 is 0 Å². The van der Waals surface area contributed by atoms with Crippen molar-refractivity contribution in [2.75, 3.05) is 26.8 Å². The third-order valence-corrected chi connectivity index (χ3v) is 5.37. The second-order valence-electron chi connectivity index (χ2n) is 7.32. The van der Waals surface area contributed by atoms with Crippen molar-refractivity contribution in [3.05, 3.63) is 66.1 Å². The molecule has 7 nitrogen and oxygen atoms in total. The third kappa shape index (κ3) is 4.52. The van der Waals surface area contributed by atoms with Crippen LogP contribution in [-0.2, 0) is 16.1 Å². The van der Waals surface area contributed by atoms with Gasteiger partial charge in [-0.3, -0.25) is 9.48 Å². The number of rotatable bonds is 6. The van der Waals surface area contributed by atoms with Crippen molar-refractivity contribution < 1.29 is 14.3 Å². The molecule has 0 N–H and O–H groups in total. The first-order chi connectivity index (χ1) is 14.6. The van der Waals surface area contributed by atoms with Gasteiger partial charge in [0, 0.05) is 37.0 Å². The Balaban J connectivity index is 1.42. The summed E-state index contributed by atoms with van der Waals surface area (Å²) in [7, 11) is 1.65. The number of carbonyl (C=O) groups excluding carboxylic acids is 1. The Morgan fingerprint density at radius 3 is 2.77 bits per heavy atom. The van der Waals surface area contributed by atoms with Gasteiger partial charge in [0.1, 0.15) is 11.9 Å². The van der Waals surface area contributed by atoms with Gasteiger partial charge < -0.3 is 14.4 Å². The molecule has 30 heavy (non-hydrogen) atoms. The van der Waals surface area contributed by atoms with Crippen LogP contribution in [0.25, 0.3) is 11.3 Å². The Hall–Kier alpha value is -3.19. The number of hydrogen-bond donors (Lipinski definition) is 0. The van der Waals surface area contributed by atoms with Crippen molar-refractivity contribution in [1.29, 1.82) is 0 Å². The van der Waals surface area contributed by atoms with E-state index in [0.717, 1.165) is 28.4 Å². The Morgan fingerprint density at radius 1 is 1.20 bits per heavy atom. The summed E-state index contributed by atoms with van der Waals surface area (Å²) >= 11 is 0. The molecule has 3 heterocycles. The van der Waals surface area contributed by atoms with Crippen LogP contribution in [0.4, 0.5) is 0 Å². The van der Waals surface area contributed by atoms with Gasteiger partial charge in [-0.1, -0.05) is 6.07 Å². The molecule has 1 saturated heterocycles. The van der Waals surface area contributed by atoms with Gasteiger partial charge in [0.25, 0.3) is 0 Å². The minimum Gasteiger partial charge on any atom is -0.497 e. The Kier molecular flexibility index (Phi) is 6.09. The van der Waals surface area contributed by atoms with Crippen molar-refractivity contribution in [2.24, 2.45) is 0 Å². The predicted octanol–water partition coefficient (Wildman–Crippen LogP) is 3.25. The van der Waals surface area contributed by atoms with Crippen molar-refractivity contribution in [2.45, 2.75) is 26.0 Å². The average Bonchev–Trinajstić information content (AvgIpc) is 3.22. The maximum atomic E-state index is 12.7. The summed E-state index contributed by atoms with van der Waals surface area (Å²) < 4.78 is 13.0. The standard InChI is InChI=1S/C23H26N4O3/c1-17-10-12-24-27(17)13-11-23(28)26-14-15-30-22(16-26)21-5-3-4-20(25-21)18-6-8-19(29-2)9-7-18/h3-10,12,22H,11,13-16H2,1-2H3/t22-/m0/s1. The second kappa shape index (κ2) is 9.09. The first-order valence-electron chi connectivity index (χ1n) is 10.1. The van der Waals surface area contributed by atoms with Crippen LogP contribution in [0.3, 0.4) is 0 Å². The van der Waals surface area contributed by atoms with E-state index in [1.807, 2.05) is 65.0 Å². The monoisotopic (exact) mass is 406 g/mol. The molecule has 0 spiro atoms. The minimum atomic E-state index is -0.229. The highest BCUT2D eigenvalue weighted by Crippen LogP contribution is 2.25. The molecule has 1 fully saturated rings. The summed E-state index contributed by atoms with van der Waals surface area (Å²) in [5.74, 6) is 0.925. The number of pyridine rings is 1. The van der Waals surface area contributed by atoms with Crippen LogP contribution in [0, 0.1) is 6.92 Å². The van der Waals surface area contributed by atoms with E-state index in [-0.39, 0.29) is 12.0 Å². The van der Waals surface area contributed by atoms with Crippen molar-refractivity contribution >= 4 is 5.91 Å². The molecule has 0 bridgehead atoms. The highest BCUT2D eigenvalue weighted by atomic mass is 16.5. The Morgan fingerprint density at radius 2 is 2.03 bits per heavy atom. The lowest BCUT2D eigenvalue weighted by atomic mass is 10.1. The normalized spacial score (nSPS) is 16.5. The van der Waals surface area contributed by atoms with E-state index in [0.29, 0.717) is 32.7 Å². The second-order valence-corrected chi connectivity index (χ2v) is 7.32. The lowest BCUT2D eigenvalue weighted by Gasteiger charge is -2.33. The number of aryl methyl sites for hydroxylation is 2. The fourth-order valence-electron chi connectivity index (χ4n) is 3.60. The lowest BCUT2D eigenvalue weighted by molar-refractivity contribution is -0.139. The molecule has 1 aliphatic heterocycles. The number of hydrogen-bond acceptors (Lipinski definition) is 5. The number of carbonyl (C=O) groups is 1. The SMILES string of the molecule is COc1ccc(-c2cccc([C@@H]3CN(C(=O)CCn4nccc4C)CCO3)n2)cc1. The Labute approximate surface area is 176 Å². The molecule has 1 amide bonds. The Bertz CT molecular complexity index is 1000. The van der Waals surface area contributed by atoms with Crippen molar-refractivity contribution in [3.63, 3.8) is 0 Å². The fourth-order valence-corrected chi connectivity index (χ4v) is 3.60. The predicted molar refractivity (Wildman–Crippen MR) is 113 cm³/mol. The maximum absolute atomic E-state index is 12.7. The zero-order chi connectivity index (χ0) is 20.9. The molecule has 0 aliphatic carbocycles. The third-order valence-electron chi connectivity index (χ3n) is 5.37. The first-order valence-corrected chi connectivity index (χ1v) is 10.1. The quantitative estimate of drug-likeness (QED) is 0.629. The van der Waals surface area contributed by atoms with Gasteiger partial charge in [-0.25, -0.2) is 4.98 Å². The summed E-state index contributed by atoms with van der Waals surface area (Å²) in [5.41, 5.74) is 3.78. The highest BCUT2D eigenvalue weighted by Gasteiger charge is 2.26. The number of benzene rings is 1. The smallest absolute Gasteiger partial charge is 0.224 e. The van der Waals surface area contributed by atoms with E-state index in [1.165, 1.54) is 0 Å². The molecular weight excluding hydrogens is 380 g/mol. The lowest BCUT2D eigenvalue weighted by Crippen LogP contribution is -2.42. The number of ether oxygens (including phenoxy) is 2. The van der Waals surface area contributed by atoms with Gasteiger partial charge in [0.05, 0.1) is 31.6 Å². The summed E-state index contributed by atoms with van der Waals surface area (Å²) in [4.78, 5) is 19.4. The van der Waals surface area contributed by atoms with E-state index in [1.54, 1.807) is 13.3 Å². The van der Waals surface area contributed by atoms with Crippen LogP contribution in [0.15, 0.2) is 54.7 Å². The molecule has 2 aromatic heterocycles. The molecule has 0 unspecified atom stereocenters. The van der Waals surface area contributed by atoms with Crippen LogP contribution in [0.1, 0.15) is 23.9 Å². The first kappa shape index (κ1) is 20.1. The number of amides is 1. The van der Waals surface area contributed by atoms with Crippen LogP contribution in [0.5, 0.6) is 5.75 Å². The molecule has 1 aromatic carbocycles. The summed E-state index contributed by atoms with van der Waals surface area (Å²) in [5, 5.41) is 4.25. The molecule has 7 heteroatoms. The maximum Gasteiger partial charge on any atom is 0.224 e. The van der Waals surface area contributed by atoms with Crippen LogP contribution in [-0.4, -0.2) is 52.4 Å². The average molecular weight is 406 g/mol. The molecule has 0 radical (unpaired) electrons. The molecular formula is C23H26N4O3. The number of nitrogens with zero attached hydrogens (tertiary/aromatic N) is 4. The van der Waals surface area contributed by atoms with Crippen LogP contribution < -0.4 is 4.74 Å². The van der Waals surface area contributed by atoms with E-state index in [4.69, 9.17) is 14.5 Å². The molecule has 156 valence electrons. The zero-order valence-corrected chi connectivity index (χ0v) is 17.3. The van der Waals surface area contributed by atoms with Crippen molar-refractivity contribution in [3.8, 4) is 17.0 Å². The highest BCUT2D eigenvalue weighted by molar-refractivity contribution is 5.76. The van der Waals surface area contributed by atoms with E-state index < -0.39 is 0 Å². The topological polar surface area (TPSA) is 69.5 Å². The minimum absolute atomic E-state index is 0.115. The van der Waals surface area contributed by atoms with Gasteiger partial charge in [-0.05, 0) is 49.4 Å². The summed E-state index contributed by atoms with van der Waals surface area (Å²) in [6.07, 6.45) is 1.95. The summed E-state index contributed by atoms with van der Waals surface area (Å²) in [6, 6.07) is 15.7. The van der Waals surface area contributed by atoms with E-state index in [2.05, 4.69) is 5.10 Å². The largest absolute Gasteiger partial charge is 0.497 e. The van der Waals surface area contributed by atoms with E-state index >= 15 is 0 Å². The van der Waals surface area contributed by atoms with Crippen LogP contribution in [0.2, 0.25) is 0 Å². The molecule has 0 saturated carbocycles. The number of aromatic nitrogens is 3. The molecule has 3 aromatic rings. The summed E-state index contributed by atoms with van der Waals surface area (Å²) in [6.45, 7) is 4.20. The molecule has 4 rings (SSSR count). The zero-order valence-electron chi connectivity index (χ0n) is 17.3.